The zero-order valence-electron chi connectivity index (χ0n) is 9.07. The van der Waals surface area contributed by atoms with E-state index in [1.54, 1.807) is 0 Å². The van der Waals surface area contributed by atoms with Crippen molar-refractivity contribution in [3.63, 3.8) is 0 Å². The third-order valence-electron chi connectivity index (χ3n) is 1.93. The minimum absolute atomic E-state index is 0.259. The smallest absolute Gasteiger partial charge is 0.0495 e. The molecule has 12 heavy (non-hydrogen) atoms. The van der Waals surface area contributed by atoms with Crippen LogP contribution >= 0.6 is 0 Å². The second-order valence-electron chi connectivity index (χ2n) is 3.97. The minimum Gasteiger partial charge on any atom is -0.308 e. The van der Waals surface area contributed by atoms with Gasteiger partial charge in [0, 0.05) is 18.9 Å². The molecule has 0 unspecified atom stereocenters. The minimum atomic E-state index is 0.259. The molecule has 0 aliphatic heterocycles. The second-order valence-corrected chi connectivity index (χ2v) is 3.97. The van der Waals surface area contributed by atoms with Crippen LogP contribution in [0.15, 0.2) is 0 Å². The Labute approximate surface area is 76.5 Å². The highest BCUT2D eigenvalue weighted by molar-refractivity contribution is 4.73. The molecule has 0 aromatic carbocycles. The Morgan fingerprint density at radius 2 is 1.83 bits per heavy atom. The highest BCUT2D eigenvalue weighted by Crippen LogP contribution is 2.10. The Balaban J connectivity index is 3.68. The second kappa shape index (κ2) is 5.51. The van der Waals surface area contributed by atoms with Crippen molar-refractivity contribution >= 4 is 0 Å². The van der Waals surface area contributed by atoms with Crippen LogP contribution in [0.5, 0.6) is 0 Å². The molecule has 0 atom stereocenters. The lowest BCUT2D eigenvalue weighted by molar-refractivity contribution is 0.132. The molecule has 0 amide bonds. The summed E-state index contributed by atoms with van der Waals surface area (Å²) in [6.07, 6.45) is 0. The maximum atomic E-state index is 3.31. The lowest BCUT2D eigenvalue weighted by Gasteiger charge is -2.34. The largest absolute Gasteiger partial charge is 0.308 e. The summed E-state index contributed by atoms with van der Waals surface area (Å²) in [7, 11) is 1.94. The zero-order valence-corrected chi connectivity index (χ0v) is 9.07. The molecule has 2 N–H and O–H groups in total. The third kappa shape index (κ3) is 4.70. The molecule has 0 heterocycles. The van der Waals surface area contributed by atoms with Crippen LogP contribution in [-0.2, 0) is 0 Å². The average Bonchev–Trinajstić information content (AvgIpc) is 1.95. The fraction of sp³-hybridized carbons (Fsp3) is 1.00. The van der Waals surface area contributed by atoms with Crippen molar-refractivity contribution in [3.05, 3.63) is 0 Å². The van der Waals surface area contributed by atoms with Crippen LogP contribution in [0.3, 0.4) is 0 Å². The van der Waals surface area contributed by atoms with Crippen molar-refractivity contribution in [2.75, 3.05) is 26.9 Å². The summed E-state index contributed by atoms with van der Waals surface area (Å²) >= 11 is 0. The van der Waals surface area contributed by atoms with Crippen molar-refractivity contribution in [3.8, 4) is 0 Å². The quantitative estimate of drug-likeness (QED) is 0.476. The van der Waals surface area contributed by atoms with Crippen LogP contribution in [0.2, 0.25) is 0 Å². The monoisotopic (exact) mass is 173 g/mol. The molecule has 0 aliphatic carbocycles. The van der Waals surface area contributed by atoms with E-state index in [9.17, 15) is 0 Å². The van der Waals surface area contributed by atoms with Crippen LogP contribution in [0.1, 0.15) is 27.7 Å². The number of hydrogen-bond acceptors (Lipinski definition) is 3. The predicted molar refractivity (Wildman–Crippen MR) is 54.1 cm³/mol. The van der Waals surface area contributed by atoms with E-state index in [1.165, 1.54) is 0 Å². The molecule has 3 nitrogen and oxygen atoms in total. The van der Waals surface area contributed by atoms with Gasteiger partial charge in [0.15, 0.2) is 0 Å². The van der Waals surface area contributed by atoms with Crippen LogP contribution in [0.4, 0.5) is 0 Å². The van der Waals surface area contributed by atoms with E-state index in [1.807, 2.05) is 7.05 Å². The van der Waals surface area contributed by atoms with Gasteiger partial charge in [0.2, 0.25) is 0 Å². The van der Waals surface area contributed by atoms with Gasteiger partial charge >= 0.3 is 0 Å². The Morgan fingerprint density at radius 1 is 1.25 bits per heavy atom. The Hall–Kier alpha value is -0.120. The van der Waals surface area contributed by atoms with Crippen molar-refractivity contribution in [1.82, 2.24) is 15.5 Å². The first kappa shape index (κ1) is 11.9. The van der Waals surface area contributed by atoms with Gasteiger partial charge in [-0.15, -0.1) is 0 Å². The molecule has 0 fully saturated rings. The molecule has 3 heteroatoms. The first-order valence-electron chi connectivity index (χ1n) is 4.62. The molecule has 0 rings (SSSR count). The maximum Gasteiger partial charge on any atom is 0.0495 e. The highest BCUT2D eigenvalue weighted by atomic mass is 15.3. The number of nitrogens with zero attached hydrogens (tertiary/aromatic N) is 1. The van der Waals surface area contributed by atoms with Crippen LogP contribution < -0.4 is 10.6 Å². The number of nitrogens with one attached hydrogen (secondary N) is 2. The van der Waals surface area contributed by atoms with E-state index in [0.29, 0.717) is 0 Å². The van der Waals surface area contributed by atoms with Crippen LogP contribution in [0.25, 0.3) is 0 Å². The normalized spacial score (nSPS) is 12.5. The van der Waals surface area contributed by atoms with Gasteiger partial charge in [0.25, 0.3) is 0 Å². The molecule has 0 aromatic rings. The van der Waals surface area contributed by atoms with Crippen molar-refractivity contribution in [2.45, 2.75) is 33.2 Å². The fourth-order valence-corrected chi connectivity index (χ4v) is 1.14. The van der Waals surface area contributed by atoms with Crippen LogP contribution in [0, 0.1) is 0 Å². The molecule has 0 aromatic heterocycles. The van der Waals surface area contributed by atoms with Gasteiger partial charge in [0.1, 0.15) is 0 Å². The lowest BCUT2D eigenvalue weighted by atomic mass is 10.1. The molecule has 0 bridgehead atoms. The van der Waals surface area contributed by atoms with Gasteiger partial charge < -0.3 is 5.32 Å². The lowest BCUT2D eigenvalue weighted by Crippen LogP contribution is -2.47. The Kier molecular flexibility index (Phi) is 5.46. The summed E-state index contributed by atoms with van der Waals surface area (Å²) in [4.78, 5) is 2.39. The Bertz CT molecular complexity index is 107. The third-order valence-corrected chi connectivity index (χ3v) is 1.93. The molecule has 0 spiro atoms. The highest BCUT2D eigenvalue weighted by Gasteiger charge is 2.18. The van der Waals surface area contributed by atoms with Gasteiger partial charge in [-0.1, -0.05) is 6.92 Å². The van der Waals surface area contributed by atoms with Gasteiger partial charge in [-0.25, -0.2) is 0 Å². The predicted octanol–water partition coefficient (Wildman–Crippen LogP) is 0.831. The topological polar surface area (TPSA) is 27.3 Å². The van der Waals surface area contributed by atoms with Crippen molar-refractivity contribution < 1.29 is 0 Å². The van der Waals surface area contributed by atoms with Gasteiger partial charge in [-0.2, -0.15) is 0 Å². The van der Waals surface area contributed by atoms with E-state index in [-0.39, 0.29) is 5.54 Å². The summed E-state index contributed by atoms with van der Waals surface area (Å²) in [6, 6.07) is 0. The molecule has 0 saturated carbocycles. The summed E-state index contributed by atoms with van der Waals surface area (Å²) in [5.74, 6) is 0. The van der Waals surface area contributed by atoms with Crippen LogP contribution in [-0.4, -0.2) is 37.4 Å². The fourth-order valence-electron chi connectivity index (χ4n) is 1.14. The summed E-state index contributed by atoms with van der Waals surface area (Å²) < 4.78 is 0. The first-order valence-corrected chi connectivity index (χ1v) is 4.62. The molecule has 74 valence electrons. The van der Waals surface area contributed by atoms with E-state index in [4.69, 9.17) is 0 Å². The SMILES string of the molecule is CCN(CNCNC)C(C)(C)C. The van der Waals surface area contributed by atoms with E-state index < -0.39 is 0 Å². The molecule has 0 aliphatic rings. The molecular formula is C9H23N3. The van der Waals surface area contributed by atoms with E-state index in [2.05, 4.69) is 43.2 Å². The maximum absolute atomic E-state index is 3.31. The standard InChI is InChI=1S/C9H23N3/c1-6-12(9(2,3)4)8-11-7-10-5/h10-11H,6-8H2,1-5H3. The molecule has 0 radical (unpaired) electrons. The molecular weight excluding hydrogens is 150 g/mol. The van der Waals surface area contributed by atoms with E-state index in [0.717, 1.165) is 19.9 Å². The average molecular weight is 173 g/mol. The zero-order chi connectivity index (χ0) is 9.61. The summed E-state index contributed by atoms with van der Waals surface area (Å²) in [5.41, 5.74) is 0.259. The molecule has 0 saturated heterocycles. The summed E-state index contributed by atoms with van der Waals surface area (Å²) in [6.45, 7) is 11.8. The summed E-state index contributed by atoms with van der Waals surface area (Å²) in [5, 5.41) is 6.37. The Morgan fingerprint density at radius 3 is 2.17 bits per heavy atom. The van der Waals surface area contributed by atoms with Gasteiger partial charge in [-0.3, -0.25) is 10.2 Å². The number of rotatable bonds is 5. The van der Waals surface area contributed by atoms with Gasteiger partial charge in [-0.05, 0) is 34.4 Å². The van der Waals surface area contributed by atoms with Crippen molar-refractivity contribution in [1.29, 1.82) is 0 Å². The van der Waals surface area contributed by atoms with Crippen molar-refractivity contribution in [2.24, 2.45) is 0 Å². The first-order chi connectivity index (χ1) is 5.52. The number of hydrogen-bond donors (Lipinski definition) is 2. The van der Waals surface area contributed by atoms with Gasteiger partial charge in [0.05, 0.1) is 0 Å². The van der Waals surface area contributed by atoms with E-state index >= 15 is 0 Å².